The van der Waals surface area contributed by atoms with Crippen molar-refractivity contribution in [2.75, 3.05) is 17.6 Å². The fraction of sp³-hybridized carbons (Fsp3) is 0.667. The van der Waals surface area contributed by atoms with Crippen LogP contribution in [0.1, 0.15) is 33.6 Å². The number of hydrogen-bond donors (Lipinski definition) is 1. The number of anilines is 1. The lowest BCUT2D eigenvalue weighted by atomic mass is 10.2. The molecule has 0 saturated carbocycles. The fourth-order valence-corrected chi connectivity index (χ4v) is 2.45. The van der Waals surface area contributed by atoms with E-state index in [0.717, 1.165) is 18.6 Å². The lowest BCUT2D eigenvalue weighted by Crippen LogP contribution is -2.07. The number of hydrogen-bond acceptors (Lipinski definition) is 6. The van der Waals surface area contributed by atoms with Crippen LogP contribution in [-0.4, -0.2) is 27.2 Å². The van der Waals surface area contributed by atoms with Gasteiger partial charge in [0, 0.05) is 12.3 Å². The van der Waals surface area contributed by atoms with Gasteiger partial charge in [0.15, 0.2) is 5.03 Å². The highest BCUT2D eigenvalue weighted by Gasteiger charge is 2.23. The Morgan fingerprint density at radius 1 is 1.47 bits per heavy atom. The van der Waals surface area contributed by atoms with Gasteiger partial charge in [-0.1, -0.05) is 39.0 Å². The summed E-state index contributed by atoms with van der Waals surface area (Å²) >= 11 is 1.42. The molecule has 19 heavy (non-hydrogen) atoms. The molecule has 0 saturated heterocycles. The molecule has 0 radical (unpaired) electrons. The molecule has 1 heterocycles. The third kappa shape index (κ3) is 4.66. The SMILES string of the molecule is CCCNc1ncnc(SCC(C)CC)c1[N+](=O)[O-]. The van der Waals surface area contributed by atoms with Crippen LogP contribution in [0.3, 0.4) is 0 Å². The van der Waals surface area contributed by atoms with Crippen molar-refractivity contribution < 1.29 is 4.92 Å². The molecule has 0 aliphatic carbocycles. The summed E-state index contributed by atoms with van der Waals surface area (Å²) in [7, 11) is 0. The van der Waals surface area contributed by atoms with E-state index < -0.39 is 4.92 Å². The minimum absolute atomic E-state index is 0.00995. The van der Waals surface area contributed by atoms with Gasteiger partial charge in [-0.3, -0.25) is 10.1 Å². The number of nitrogens with zero attached hydrogens (tertiary/aromatic N) is 3. The third-order valence-corrected chi connectivity index (χ3v) is 4.02. The lowest BCUT2D eigenvalue weighted by Gasteiger charge is -2.09. The van der Waals surface area contributed by atoms with Crippen LogP contribution in [0.2, 0.25) is 0 Å². The van der Waals surface area contributed by atoms with Crippen molar-refractivity contribution in [3.63, 3.8) is 0 Å². The third-order valence-electron chi connectivity index (χ3n) is 2.72. The molecule has 0 aromatic carbocycles. The molecule has 1 N–H and O–H groups in total. The summed E-state index contributed by atoms with van der Waals surface area (Å²) in [5.41, 5.74) is -0.00995. The van der Waals surface area contributed by atoms with Crippen molar-refractivity contribution in [1.82, 2.24) is 9.97 Å². The van der Waals surface area contributed by atoms with Crippen molar-refractivity contribution in [3.8, 4) is 0 Å². The molecule has 1 aromatic rings. The summed E-state index contributed by atoms with van der Waals surface area (Å²) in [6.45, 7) is 6.88. The van der Waals surface area contributed by atoms with Gasteiger partial charge in [0.25, 0.3) is 0 Å². The number of aromatic nitrogens is 2. The number of rotatable bonds is 8. The van der Waals surface area contributed by atoms with Crippen LogP contribution in [-0.2, 0) is 0 Å². The first-order chi connectivity index (χ1) is 9.10. The largest absolute Gasteiger partial charge is 0.364 e. The topological polar surface area (TPSA) is 81.0 Å². The predicted molar refractivity (Wildman–Crippen MR) is 77.6 cm³/mol. The van der Waals surface area contributed by atoms with Crippen molar-refractivity contribution in [1.29, 1.82) is 0 Å². The highest BCUT2D eigenvalue weighted by molar-refractivity contribution is 7.99. The van der Waals surface area contributed by atoms with Crippen LogP contribution >= 0.6 is 11.8 Å². The Labute approximate surface area is 117 Å². The number of nitrogens with one attached hydrogen (secondary N) is 1. The summed E-state index contributed by atoms with van der Waals surface area (Å²) in [6.07, 6.45) is 3.31. The van der Waals surface area contributed by atoms with Crippen LogP contribution in [0.4, 0.5) is 11.5 Å². The quantitative estimate of drug-likeness (QED) is 0.341. The molecule has 0 spiro atoms. The highest BCUT2D eigenvalue weighted by atomic mass is 32.2. The molecular formula is C12H20N4O2S. The van der Waals surface area contributed by atoms with E-state index in [1.165, 1.54) is 18.1 Å². The zero-order chi connectivity index (χ0) is 14.3. The smallest absolute Gasteiger partial charge is 0.343 e. The Morgan fingerprint density at radius 3 is 2.79 bits per heavy atom. The minimum atomic E-state index is -0.406. The normalized spacial score (nSPS) is 12.2. The summed E-state index contributed by atoms with van der Waals surface area (Å²) < 4.78 is 0. The van der Waals surface area contributed by atoms with Crippen molar-refractivity contribution in [3.05, 3.63) is 16.4 Å². The molecule has 0 amide bonds. The Hall–Kier alpha value is -1.37. The van der Waals surface area contributed by atoms with Crippen LogP contribution in [0.15, 0.2) is 11.4 Å². The van der Waals surface area contributed by atoms with E-state index >= 15 is 0 Å². The molecule has 1 rings (SSSR count). The van der Waals surface area contributed by atoms with Gasteiger partial charge in [-0.05, 0) is 12.3 Å². The van der Waals surface area contributed by atoms with Crippen molar-refractivity contribution in [2.45, 2.75) is 38.6 Å². The van der Waals surface area contributed by atoms with Crippen molar-refractivity contribution >= 4 is 23.3 Å². The minimum Gasteiger partial charge on any atom is -0.364 e. The molecule has 1 aromatic heterocycles. The van der Waals surface area contributed by atoms with Crippen LogP contribution in [0, 0.1) is 16.0 Å². The summed E-state index contributed by atoms with van der Waals surface area (Å²) in [5, 5.41) is 14.6. The second-order valence-electron chi connectivity index (χ2n) is 4.38. The monoisotopic (exact) mass is 284 g/mol. The Morgan fingerprint density at radius 2 is 2.21 bits per heavy atom. The number of nitro groups is 1. The summed E-state index contributed by atoms with van der Waals surface area (Å²) in [6, 6.07) is 0. The second-order valence-corrected chi connectivity index (χ2v) is 5.39. The van der Waals surface area contributed by atoms with Gasteiger partial charge in [0.05, 0.1) is 4.92 Å². The van der Waals surface area contributed by atoms with Crippen molar-refractivity contribution in [2.24, 2.45) is 5.92 Å². The highest BCUT2D eigenvalue weighted by Crippen LogP contribution is 2.33. The first-order valence-electron chi connectivity index (χ1n) is 6.46. The molecule has 6 nitrogen and oxygen atoms in total. The average Bonchev–Trinajstić information content (AvgIpc) is 2.41. The van der Waals surface area contributed by atoms with Gasteiger partial charge >= 0.3 is 5.69 Å². The average molecular weight is 284 g/mol. The summed E-state index contributed by atoms with van der Waals surface area (Å²) in [4.78, 5) is 18.8. The maximum Gasteiger partial charge on any atom is 0.343 e. The fourth-order valence-electron chi connectivity index (χ4n) is 1.34. The molecule has 1 unspecified atom stereocenters. The molecule has 1 atom stereocenters. The van der Waals surface area contributed by atoms with Crippen LogP contribution in [0.5, 0.6) is 0 Å². The first-order valence-corrected chi connectivity index (χ1v) is 7.44. The standard InChI is InChI=1S/C12H20N4O2S/c1-4-6-13-11-10(16(17)18)12(15-8-14-11)19-7-9(3)5-2/h8-9H,4-7H2,1-3H3,(H,13,14,15). The van der Waals surface area contributed by atoms with E-state index in [9.17, 15) is 10.1 Å². The van der Waals surface area contributed by atoms with E-state index in [2.05, 4.69) is 29.1 Å². The van der Waals surface area contributed by atoms with Gasteiger partial charge in [-0.25, -0.2) is 9.97 Å². The zero-order valence-corrected chi connectivity index (χ0v) is 12.4. The Balaban J connectivity index is 2.92. The van der Waals surface area contributed by atoms with Crippen LogP contribution < -0.4 is 5.32 Å². The van der Waals surface area contributed by atoms with E-state index in [0.29, 0.717) is 23.3 Å². The van der Waals surface area contributed by atoms with E-state index in [4.69, 9.17) is 0 Å². The maximum atomic E-state index is 11.2. The van der Waals surface area contributed by atoms with Gasteiger partial charge < -0.3 is 5.32 Å². The van der Waals surface area contributed by atoms with Gasteiger partial charge in [0.1, 0.15) is 6.33 Å². The van der Waals surface area contributed by atoms with Crippen LogP contribution in [0.25, 0.3) is 0 Å². The lowest BCUT2D eigenvalue weighted by molar-refractivity contribution is -0.387. The van der Waals surface area contributed by atoms with E-state index in [-0.39, 0.29) is 5.69 Å². The molecule has 7 heteroatoms. The summed E-state index contributed by atoms with van der Waals surface area (Å²) in [5.74, 6) is 1.64. The molecule has 0 aliphatic rings. The van der Waals surface area contributed by atoms with E-state index in [1.807, 2.05) is 6.92 Å². The molecule has 0 aliphatic heterocycles. The molecule has 0 bridgehead atoms. The maximum absolute atomic E-state index is 11.2. The predicted octanol–water partition coefficient (Wildman–Crippen LogP) is 3.34. The second kappa shape index (κ2) is 7.93. The number of thioether (sulfide) groups is 1. The van der Waals surface area contributed by atoms with E-state index in [1.54, 1.807) is 0 Å². The van der Waals surface area contributed by atoms with Gasteiger partial charge in [0.2, 0.25) is 5.82 Å². The first kappa shape index (κ1) is 15.7. The van der Waals surface area contributed by atoms with Gasteiger partial charge in [-0.15, -0.1) is 0 Å². The zero-order valence-electron chi connectivity index (χ0n) is 11.5. The molecular weight excluding hydrogens is 264 g/mol. The Bertz CT molecular complexity index is 428. The molecule has 0 fully saturated rings. The molecule has 106 valence electrons. The Kier molecular flexibility index (Phi) is 6.55. The van der Waals surface area contributed by atoms with Gasteiger partial charge in [-0.2, -0.15) is 0 Å².